The third-order valence-electron chi connectivity index (χ3n) is 1.98. The Morgan fingerprint density at radius 2 is 2.31 bits per heavy atom. The van der Waals surface area contributed by atoms with Gasteiger partial charge in [-0.2, -0.15) is 0 Å². The number of anilines is 1. The Labute approximate surface area is 94.7 Å². The van der Waals surface area contributed by atoms with Crippen LogP contribution in [0.15, 0.2) is 11.4 Å². The first kappa shape index (κ1) is 12.9. The highest BCUT2D eigenvalue weighted by atomic mass is 32.2. The number of aromatic nitrogens is 2. The van der Waals surface area contributed by atoms with Crippen molar-refractivity contribution in [1.29, 1.82) is 0 Å². The number of hydrogen-bond acceptors (Lipinski definition) is 5. The minimum atomic E-state index is -3.59. The third kappa shape index (κ3) is 2.94. The molecule has 1 heterocycles. The summed E-state index contributed by atoms with van der Waals surface area (Å²) < 4.78 is 32.2. The van der Waals surface area contributed by atoms with E-state index in [-0.39, 0.29) is 10.8 Å². The summed E-state index contributed by atoms with van der Waals surface area (Å²) >= 11 is 0. The number of ether oxygens (including phenoxy) is 1. The van der Waals surface area contributed by atoms with Crippen molar-refractivity contribution >= 4 is 15.8 Å². The van der Waals surface area contributed by atoms with E-state index in [0.29, 0.717) is 19.6 Å². The smallest absolute Gasteiger partial charge is 0.260 e. The van der Waals surface area contributed by atoms with Gasteiger partial charge < -0.3 is 15.0 Å². The first-order chi connectivity index (χ1) is 7.49. The summed E-state index contributed by atoms with van der Waals surface area (Å²) in [5.74, 6) is 0.00161. The highest BCUT2D eigenvalue weighted by Gasteiger charge is 2.21. The van der Waals surface area contributed by atoms with Crippen LogP contribution in [0.25, 0.3) is 0 Å². The molecule has 0 unspecified atom stereocenters. The lowest BCUT2D eigenvalue weighted by atomic mass is 10.5. The van der Waals surface area contributed by atoms with E-state index in [4.69, 9.17) is 10.5 Å². The SMILES string of the molecule is COCCCNS(=O)(=O)c1c(N)ncn1C. The van der Waals surface area contributed by atoms with Crippen molar-refractivity contribution in [2.24, 2.45) is 7.05 Å². The third-order valence-corrected chi connectivity index (χ3v) is 3.57. The minimum absolute atomic E-state index is 0.00161. The molecular formula is C8H16N4O3S. The van der Waals surface area contributed by atoms with Gasteiger partial charge in [0.05, 0.1) is 6.33 Å². The Bertz CT molecular complexity index is 421. The summed E-state index contributed by atoms with van der Waals surface area (Å²) in [6, 6.07) is 0. The molecule has 0 radical (unpaired) electrons. The van der Waals surface area contributed by atoms with Crippen LogP contribution in [0.1, 0.15) is 6.42 Å². The fourth-order valence-electron chi connectivity index (χ4n) is 1.26. The van der Waals surface area contributed by atoms with Gasteiger partial charge in [-0.25, -0.2) is 18.1 Å². The van der Waals surface area contributed by atoms with E-state index in [2.05, 4.69) is 9.71 Å². The molecule has 0 amide bonds. The van der Waals surface area contributed by atoms with Crippen LogP contribution in [0.4, 0.5) is 5.82 Å². The maximum absolute atomic E-state index is 11.8. The maximum atomic E-state index is 11.8. The van der Waals surface area contributed by atoms with Crippen molar-refractivity contribution in [3.8, 4) is 0 Å². The van der Waals surface area contributed by atoms with E-state index in [9.17, 15) is 8.42 Å². The fraction of sp³-hybridized carbons (Fsp3) is 0.625. The van der Waals surface area contributed by atoms with Gasteiger partial charge in [-0.1, -0.05) is 0 Å². The van der Waals surface area contributed by atoms with Crippen LogP contribution in [0, 0.1) is 0 Å². The van der Waals surface area contributed by atoms with Gasteiger partial charge in [-0.05, 0) is 6.42 Å². The lowest BCUT2D eigenvalue weighted by molar-refractivity contribution is 0.196. The number of nitrogen functional groups attached to an aromatic ring is 1. The standard InChI is InChI=1S/C8H16N4O3S/c1-12-6-10-7(9)8(12)16(13,14)11-4-3-5-15-2/h6,11H,3-5,9H2,1-2H3. The summed E-state index contributed by atoms with van der Waals surface area (Å²) in [4.78, 5) is 3.72. The number of rotatable bonds is 6. The molecule has 0 saturated heterocycles. The Morgan fingerprint density at radius 1 is 1.62 bits per heavy atom. The zero-order valence-corrected chi connectivity index (χ0v) is 10.1. The lowest BCUT2D eigenvalue weighted by Gasteiger charge is -2.07. The number of nitrogens with two attached hydrogens (primary N) is 1. The van der Waals surface area contributed by atoms with Gasteiger partial charge in [0.1, 0.15) is 0 Å². The topological polar surface area (TPSA) is 99.2 Å². The molecule has 0 atom stereocenters. The second-order valence-electron chi connectivity index (χ2n) is 3.29. The predicted molar refractivity (Wildman–Crippen MR) is 59.3 cm³/mol. The van der Waals surface area contributed by atoms with Gasteiger partial charge in [-0.3, -0.25) is 0 Å². The van der Waals surface area contributed by atoms with Gasteiger partial charge in [0.15, 0.2) is 10.8 Å². The Balaban J connectivity index is 2.71. The summed E-state index contributed by atoms with van der Waals surface area (Å²) in [6.45, 7) is 0.810. The molecular weight excluding hydrogens is 232 g/mol. The van der Waals surface area contributed by atoms with E-state index < -0.39 is 10.0 Å². The van der Waals surface area contributed by atoms with Gasteiger partial charge in [0.2, 0.25) is 0 Å². The van der Waals surface area contributed by atoms with Gasteiger partial charge >= 0.3 is 0 Å². The van der Waals surface area contributed by atoms with E-state index >= 15 is 0 Å². The molecule has 0 fully saturated rings. The number of aryl methyl sites for hydroxylation is 1. The number of methoxy groups -OCH3 is 1. The molecule has 0 aliphatic heterocycles. The zero-order valence-electron chi connectivity index (χ0n) is 9.30. The number of sulfonamides is 1. The van der Waals surface area contributed by atoms with Crippen LogP contribution < -0.4 is 10.5 Å². The monoisotopic (exact) mass is 248 g/mol. The second-order valence-corrected chi connectivity index (χ2v) is 4.97. The molecule has 1 aromatic rings. The minimum Gasteiger partial charge on any atom is -0.385 e. The van der Waals surface area contributed by atoms with Crippen molar-refractivity contribution in [1.82, 2.24) is 14.3 Å². The molecule has 0 bridgehead atoms. The molecule has 0 aliphatic carbocycles. The quantitative estimate of drug-likeness (QED) is 0.650. The molecule has 92 valence electrons. The summed E-state index contributed by atoms with van der Waals surface area (Å²) in [5, 5.41) is -0.00934. The number of nitrogens with one attached hydrogen (secondary N) is 1. The molecule has 1 aromatic heterocycles. The van der Waals surface area contributed by atoms with Crippen LogP contribution in [0.3, 0.4) is 0 Å². The average Bonchev–Trinajstić information content (AvgIpc) is 2.54. The largest absolute Gasteiger partial charge is 0.385 e. The van der Waals surface area contributed by atoms with Crippen molar-refractivity contribution in [3.63, 3.8) is 0 Å². The van der Waals surface area contributed by atoms with Crippen LogP contribution in [0.5, 0.6) is 0 Å². The number of imidazole rings is 1. The Kier molecular flexibility index (Phi) is 4.27. The summed E-state index contributed by atoms with van der Waals surface area (Å²) in [5.41, 5.74) is 5.48. The van der Waals surface area contributed by atoms with E-state index in [1.807, 2.05) is 0 Å². The molecule has 0 spiro atoms. The van der Waals surface area contributed by atoms with Crippen LogP contribution >= 0.6 is 0 Å². The van der Waals surface area contributed by atoms with Crippen LogP contribution in [-0.2, 0) is 21.8 Å². The average molecular weight is 248 g/mol. The molecule has 16 heavy (non-hydrogen) atoms. The zero-order chi connectivity index (χ0) is 12.2. The molecule has 0 saturated carbocycles. The molecule has 8 heteroatoms. The fourth-order valence-corrected chi connectivity index (χ4v) is 2.56. The lowest BCUT2D eigenvalue weighted by Crippen LogP contribution is -2.27. The van der Waals surface area contributed by atoms with E-state index in [0.717, 1.165) is 0 Å². The van der Waals surface area contributed by atoms with Crippen molar-refractivity contribution in [2.45, 2.75) is 11.4 Å². The van der Waals surface area contributed by atoms with Gasteiger partial charge in [0, 0.05) is 27.3 Å². The van der Waals surface area contributed by atoms with E-state index in [1.165, 1.54) is 10.9 Å². The summed E-state index contributed by atoms with van der Waals surface area (Å²) in [6.07, 6.45) is 1.96. The normalized spacial score (nSPS) is 11.9. The summed E-state index contributed by atoms with van der Waals surface area (Å²) in [7, 11) is -0.449. The first-order valence-electron chi connectivity index (χ1n) is 4.74. The predicted octanol–water partition coefficient (Wildman–Crippen LogP) is -0.683. The van der Waals surface area contributed by atoms with Crippen molar-refractivity contribution in [3.05, 3.63) is 6.33 Å². The molecule has 7 nitrogen and oxygen atoms in total. The van der Waals surface area contributed by atoms with Crippen LogP contribution in [0.2, 0.25) is 0 Å². The first-order valence-corrected chi connectivity index (χ1v) is 6.22. The maximum Gasteiger partial charge on any atom is 0.260 e. The van der Waals surface area contributed by atoms with Gasteiger partial charge in [0.25, 0.3) is 10.0 Å². The molecule has 1 rings (SSSR count). The van der Waals surface area contributed by atoms with Crippen molar-refractivity contribution < 1.29 is 13.2 Å². The van der Waals surface area contributed by atoms with Crippen LogP contribution in [-0.4, -0.2) is 38.2 Å². The highest BCUT2D eigenvalue weighted by molar-refractivity contribution is 7.89. The van der Waals surface area contributed by atoms with E-state index in [1.54, 1.807) is 14.2 Å². The molecule has 0 aliphatic rings. The molecule has 3 N–H and O–H groups in total. The Morgan fingerprint density at radius 3 is 2.81 bits per heavy atom. The second kappa shape index (κ2) is 5.28. The van der Waals surface area contributed by atoms with Gasteiger partial charge in [-0.15, -0.1) is 0 Å². The van der Waals surface area contributed by atoms with Crippen molar-refractivity contribution in [2.75, 3.05) is 26.0 Å². The molecule has 0 aromatic carbocycles. The number of nitrogens with zero attached hydrogens (tertiary/aromatic N) is 2. The highest BCUT2D eigenvalue weighted by Crippen LogP contribution is 2.14. The number of hydrogen-bond donors (Lipinski definition) is 2. The Hall–Kier alpha value is -1.12.